The van der Waals surface area contributed by atoms with Gasteiger partial charge in [0.2, 0.25) is 0 Å². The summed E-state index contributed by atoms with van der Waals surface area (Å²) in [7, 11) is 0. The van der Waals surface area contributed by atoms with Crippen LogP contribution in [-0.2, 0) is 4.79 Å². The zero-order valence-electron chi connectivity index (χ0n) is 12.9. The molecule has 1 amide bonds. The number of benzene rings is 2. The number of nitro groups is 1. The molecule has 0 saturated heterocycles. The molecule has 0 aliphatic carbocycles. The molecule has 1 N–H and O–H groups in total. The molecule has 126 valence electrons. The Labute approximate surface area is 148 Å². The number of anilines is 1. The van der Waals surface area contributed by atoms with Crippen LogP contribution in [0, 0.1) is 24.0 Å². The van der Waals surface area contributed by atoms with Gasteiger partial charge in [-0.05, 0) is 43.2 Å². The first-order valence-electron chi connectivity index (χ1n) is 6.91. The predicted molar refractivity (Wildman–Crippen MR) is 93.2 cm³/mol. The molecule has 8 heteroatoms. The average molecular weight is 369 g/mol. The second-order valence-corrected chi connectivity index (χ2v) is 5.97. The normalized spacial score (nSPS) is 10.3. The van der Waals surface area contributed by atoms with Crippen LogP contribution in [0.25, 0.3) is 0 Å². The first-order valence-corrected chi connectivity index (χ1v) is 7.67. The zero-order chi connectivity index (χ0) is 17.9. The number of rotatable bonds is 5. The Morgan fingerprint density at radius 1 is 1.21 bits per heavy atom. The molecule has 6 nitrogen and oxygen atoms in total. The number of nitro benzene ring substituents is 1. The maximum absolute atomic E-state index is 12.0. The molecular formula is C16H14Cl2N2O4. The molecule has 0 aliphatic rings. The van der Waals surface area contributed by atoms with Gasteiger partial charge in [0.05, 0.1) is 9.95 Å². The Bertz CT molecular complexity index is 786. The molecule has 2 rings (SSSR count). The van der Waals surface area contributed by atoms with Crippen LogP contribution in [0.15, 0.2) is 30.3 Å². The third kappa shape index (κ3) is 4.37. The van der Waals surface area contributed by atoms with Crippen molar-refractivity contribution in [2.45, 2.75) is 13.8 Å². The summed E-state index contributed by atoms with van der Waals surface area (Å²) < 4.78 is 5.45. The highest BCUT2D eigenvalue weighted by atomic mass is 35.5. The molecular weight excluding hydrogens is 355 g/mol. The van der Waals surface area contributed by atoms with Gasteiger partial charge >= 0.3 is 0 Å². The minimum atomic E-state index is -0.493. The van der Waals surface area contributed by atoms with Gasteiger partial charge in [-0.3, -0.25) is 14.9 Å². The van der Waals surface area contributed by atoms with Crippen molar-refractivity contribution in [3.05, 3.63) is 61.6 Å². The van der Waals surface area contributed by atoms with E-state index in [2.05, 4.69) is 5.32 Å². The van der Waals surface area contributed by atoms with Crippen LogP contribution < -0.4 is 10.1 Å². The summed E-state index contributed by atoms with van der Waals surface area (Å²) >= 11 is 11.9. The number of nitrogens with one attached hydrogen (secondary N) is 1. The molecule has 0 aliphatic heterocycles. The van der Waals surface area contributed by atoms with E-state index < -0.39 is 10.8 Å². The van der Waals surface area contributed by atoms with Gasteiger partial charge in [-0.1, -0.05) is 23.2 Å². The summed E-state index contributed by atoms with van der Waals surface area (Å²) in [6.07, 6.45) is 0. The van der Waals surface area contributed by atoms with E-state index in [0.717, 1.165) is 0 Å². The molecule has 0 bridgehead atoms. The fourth-order valence-corrected chi connectivity index (χ4v) is 2.75. The van der Waals surface area contributed by atoms with Crippen LogP contribution in [-0.4, -0.2) is 17.4 Å². The summed E-state index contributed by atoms with van der Waals surface area (Å²) in [5.41, 5.74) is 1.74. The van der Waals surface area contributed by atoms with E-state index in [9.17, 15) is 14.9 Å². The zero-order valence-corrected chi connectivity index (χ0v) is 14.4. The van der Waals surface area contributed by atoms with Crippen LogP contribution in [0.1, 0.15) is 11.1 Å². The van der Waals surface area contributed by atoms with E-state index in [1.54, 1.807) is 19.9 Å². The number of ether oxygens (including phenoxy) is 1. The van der Waals surface area contributed by atoms with Crippen LogP contribution >= 0.6 is 23.2 Å². The standard InChI is InChI=1S/C16H14Cl2N2O4/c1-9-6-12(20(22)23)3-4-14(9)19-15(21)8-24-16-10(2)5-11(17)7-13(16)18/h3-7H,8H2,1-2H3,(H,19,21). The molecule has 0 radical (unpaired) electrons. The number of nitrogens with zero attached hydrogens (tertiary/aromatic N) is 1. The van der Waals surface area contributed by atoms with Gasteiger partial charge in [0.25, 0.3) is 11.6 Å². The molecule has 0 atom stereocenters. The van der Waals surface area contributed by atoms with Crippen molar-refractivity contribution in [2.75, 3.05) is 11.9 Å². The minimum absolute atomic E-state index is 0.0367. The first-order chi connectivity index (χ1) is 11.3. The molecule has 0 aromatic heterocycles. The number of hydrogen-bond acceptors (Lipinski definition) is 4. The summed E-state index contributed by atoms with van der Waals surface area (Å²) in [5, 5.41) is 14.2. The highest BCUT2D eigenvalue weighted by molar-refractivity contribution is 6.35. The topological polar surface area (TPSA) is 81.5 Å². The van der Waals surface area contributed by atoms with Gasteiger partial charge in [0, 0.05) is 22.8 Å². The fourth-order valence-electron chi connectivity index (χ4n) is 2.10. The molecule has 0 heterocycles. The van der Waals surface area contributed by atoms with Crippen molar-refractivity contribution < 1.29 is 14.5 Å². The van der Waals surface area contributed by atoms with Gasteiger partial charge in [0.1, 0.15) is 5.75 Å². The second kappa shape index (κ2) is 7.51. The second-order valence-electron chi connectivity index (χ2n) is 5.13. The van der Waals surface area contributed by atoms with Gasteiger partial charge in [-0.15, -0.1) is 0 Å². The molecule has 24 heavy (non-hydrogen) atoms. The van der Waals surface area contributed by atoms with E-state index >= 15 is 0 Å². The summed E-state index contributed by atoms with van der Waals surface area (Å²) in [6.45, 7) is 3.19. The van der Waals surface area contributed by atoms with Crippen molar-refractivity contribution in [3.8, 4) is 5.75 Å². The van der Waals surface area contributed by atoms with E-state index in [1.807, 2.05) is 0 Å². The molecule has 0 unspecified atom stereocenters. The fraction of sp³-hybridized carbons (Fsp3) is 0.188. The highest BCUT2D eigenvalue weighted by Gasteiger charge is 2.13. The Morgan fingerprint density at radius 2 is 1.92 bits per heavy atom. The molecule has 2 aromatic carbocycles. The SMILES string of the molecule is Cc1cc([N+](=O)[O-])ccc1NC(=O)COc1c(C)cc(Cl)cc1Cl. The van der Waals surface area contributed by atoms with Crippen LogP contribution in [0.5, 0.6) is 5.75 Å². The number of non-ortho nitro benzene ring substituents is 1. The lowest BCUT2D eigenvalue weighted by Gasteiger charge is -2.12. The number of hydrogen-bond donors (Lipinski definition) is 1. The largest absolute Gasteiger partial charge is 0.482 e. The lowest BCUT2D eigenvalue weighted by molar-refractivity contribution is -0.384. The van der Waals surface area contributed by atoms with E-state index in [-0.39, 0.29) is 12.3 Å². The van der Waals surface area contributed by atoms with Crippen LogP contribution in [0.2, 0.25) is 10.0 Å². The van der Waals surface area contributed by atoms with Gasteiger partial charge in [0.15, 0.2) is 6.61 Å². The first kappa shape index (κ1) is 18.0. The lowest BCUT2D eigenvalue weighted by atomic mass is 10.2. The summed E-state index contributed by atoms with van der Waals surface area (Å²) in [5.74, 6) is -0.0194. The Kier molecular flexibility index (Phi) is 5.64. The Balaban J connectivity index is 2.03. The predicted octanol–water partition coefficient (Wildman–Crippen LogP) is 4.54. The van der Waals surface area contributed by atoms with Gasteiger partial charge < -0.3 is 10.1 Å². The molecule has 2 aromatic rings. The van der Waals surface area contributed by atoms with E-state index in [0.29, 0.717) is 32.6 Å². The van der Waals surface area contributed by atoms with Gasteiger partial charge in [-0.25, -0.2) is 0 Å². The van der Waals surface area contributed by atoms with Gasteiger partial charge in [-0.2, -0.15) is 0 Å². The third-order valence-electron chi connectivity index (χ3n) is 3.24. The number of aryl methyl sites for hydroxylation is 2. The average Bonchev–Trinajstić information content (AvgIpc) is 2.48. The van der Waals surface area contributed by atoms with Crippen molar-refractivity contribution in [1.82, 2.24) is 0 Å². The smallest absolute Gasteiger partial charge is 0.269 e. The maximum Gasteiger partial charge on any atom is 0.269 e. The van der Waals surface area contributed by atoms with Crippen molar-refractivity contribution in [2.24, 2.45) is 0 Å². The number of amides is 1. The number of halogens is 2. The van der Waals surface area contributed by atoms with Crippen molar-refractivity contribution in [3.63, 3.8) is 0 Å². The summed E-state index contributed by atoms with van der Waals surface area (Å²) in [6, 6.07) is 7.40. The van der Waals surface area contributed by atoms with Crippen molar-refractivity contribution in [1.29, 1.82) is 0 Å². The van der Waals surface area contributed by atoms with E-state index in [4.69, 9.17) is 27.9 Å². The lowest BCUT2D eigenvalue weighted by Crippen LogP contribution is -2.21. The highest BCUT2D eigenvalue weighted by Crippen LogP contribution is 2.31. The van der Waals surface area contributed by atoms with E-state index in [1.165, 1.54) is 24.3 Å². The maximum atomic E-state index is 12.0. The molecule has 0 spiro atoms. The quantitative estimate of drug-likeness (QED) is 0.620. The molecule has 0 fully saturated rings. The van der Waals surface area contributed by atoms with Crippen LogP contribution in [0.3, 0.4) is 0 Å². The summed E-state index contributed by atoms with van der Waals surface area (Å²) in [4.78, 5) is 22.2. The monoisotopic (exact) mass is 368 g/mol. The molecule has 0 saturated carbocycles. The number of carbonyl (C=O) groups is 1. The minimum Gasteiger partial charge on any atom is -0.482 e. The Morgan fingerprint density at radius 3 is 2.50 bits per heavy atom. The third-order valence-corrected chi connectivity index (χ3v) is 3.74. The van der Waals surface area contributed by atoms with Crippen LogP contribution in [0.4, 0.5) is 11.4 Å². The Hall–Kier alpha value is -2.31. The van der Waals surface area contributed by atoms with Crippen molar-refractivity contribution >= 4 is 40.5 Å². The number of carbonyl (C=O) groups excluding carboxylic acids is 1.